The van der Waals surface area contributed by atoms with Crippen molar-refractivity contribution in [3.8, 4) is 0 Å². The molecular formula is C14H26BrN3O. The van der Waals surface area contributed by atoms with Gasteiger partial charge in [-0.05, 0) is 26.3 Å². The van der Waals surface area contributed by atoms with Crippen molar-refractivity contribution in [3.63, 3.8) is 0 Å². The number of halogens is 1. The van der Waals surface area contributed by atoms with E-state index in [0.29, 0.717) is 6.04 Å². The van der Waals surface area contributed by atoms with Crippen molar-refractivity contribution in [1.29, 1.82) is 0 Å². The van der Waals surface area contributed by atoms with Gasteiger partial charge in [0.25, 0.3) is 0 Å². The number of aryl methyl sites for hydroxylation is 2. The molecule has 0 aliphatic rings. The van der Waals surface area contributed by atoms with E-state index in [-0.39, 0.29) is 0 Å². The van der Waals surface area contributed by atoms with E-state index >= 15 is 0 Å². The zero-order valence-electron chi connectivity index (χ0n) is 12.5. The Morgan fingerprint density at radius 2 is 2.16 bits per heavy atom. The van der Waals surface area contributed by atoms with Gasteiger partial charge in [-0.2, -0.15) is 5.10 Å². The highest BCUT2D eigenvalue weighted by Crippen LogP contribution is 2.10. The van der Waals surface area contributed by atoms with E-state index in [1.54, 1.807) is 0 Å². The molecule has 1 aromatic heterocycles. The number of rotatable bonds is 9. The second-order valence-electron chi connectivity index (χ2n) is 4.97. The van der Waals surface area contributed by atoms with Gasteiger partial charge in [0.05, 0.1) is 24.6 Å². The zero-order valence-corrected chi connectivity index (χ0v) is 14.1. The standard InChI is InChI=1S/C14H26BrN3O/c1-5-13-10-14(17(4)16-13)11-18(12(2)3)7-9-19-8-6-15/h10,12H,5-9,11H2,1-4H3. The van der Waals surface area contributed by atoms with Gasteiger partial charge in [0.1, 0.15) is 0 Å². The third-order valence-corrected chi connectivity index (χ3v) is 3.55. The second-order valence-corrected chi connectivity index (χ2v) is 5.76. The highest BCUT2D eigenvalue weighted by atomic mass is 79.9. The molecule has 0 radical (unpaired) electrons. The van der Waals surface area contributed by atoms with Crippen LogP contribution in [0.15, 0.2) is 6.07 Å². The minimum absolute atomic E-state index is 0.507. The Kier molecular flexibility index (Phi) is 7.64. The lowest BCUT2D eigenvalue weighted by molar-refractivity contribution is 0.0979. The maximum absolute atomic E-state index is 5.55. The average Bonchev–Trinajstić information content (AvgIpc) is 2.73. The van der Waals surface area contributed by atoms with Crippen LogP contribution in [0.4, 0.5) is 0 Å². The topological polar surface area (TPSA) is 30.3 Å². The van der Waals surface area contributed by atoms with E-state index in [4.69, 9.17) is 4.74 Å². The van der Waals surface area contributed by atoms with Crippen molar-refractivity contribution in [3.05, 3.63) is 17.5 Å². The molecule has 1 aromatic rings. The third-order valence-electron chi connectivity index (χ3n) is 3.23. The molecule has 0 amide bonds. The Balaban J connectivity index is 2.54. The Hall–Kier alpha value is -0.390. The lowest BCUT2D eigenvalue weighted by atomic mass is 10.2. The summed E-state index contributed by atoms with van der Waals surface area (Å²) in [5, 5.41) is 5.40. The molecule has 19 heavy (non-hydrogen) atoms. The van der Waals surface area contributed by atoms with E-state index in [1.807, 2.05) is 11.7 Å². The third kappa shape index (κ3) is 5.63. The molecule has 0 saturated heterocycles. The zero-order chi connectivity index (χ0) is 14.3. The van der Waals surface area contributed by atoms with Crippen LogP contribution in [0.3, 0.4) is 0 Å². The molecule has 0 fully saturated rings. The number of hydrogen-bond donors (Lipinski definition) is 0. The fourth-order valence-corrected chi connectivity index (χ4v) is 2.19. The van der Waals surface area contributed by atoms with E-state index in [2.05, 4.69) is 52.8 Å². The van der Waals surface area contributed by atoms with E-state index < -0.39 is 0 Å². The molecule has 0 aliphatic carbocycles. The smallest absolute Gasteiger partial charge is 0.0625 e. The van der Waals surface area contributed by atoms with Gasteiger partial charge >= 0.3 is 0 Å². The number of aromatic nitrogens is 2. The number of nitrogens with zero attached hydrogens (tertiary/aromatic N) is 3. The van der Waals surface area contributed by atoms with Gasteiger partial charge in [-0.3, -0.25) is 9.58 Å². The van der Waals surface area contributed by atoms with Crippen LogP contribution in [-0.4, -0.2) is 45.8 Å². The molecule has 5 heteroatoms. The Bertz CT molecular complexity index is 366. The van der Waals surface area contributed by atoms with E-state index in [0.717, 1.165) is 43.7 Å². The van der Waals surface area contributed by atoms with Crippen molar-refractivity contribution in [2.75, 3.05) is 25.1 Å². The normalized spacial score (nSPS) is 11.7. The summed E-state index contributed by atoms with van der Waals surface area (Å²) in [6.07, 6.45) is 0.990. The summed E-state index contributed by atoms with van der Waals surface area (Å²) in [5.41, 5.74) is 2.43. The highest BCUT2D eigenvalue weighted by Gasteiger charge is 2.13. The van der Waals surface area contributed by atoms with Gasteiger partial charge in [0.2, 0.25) is 0 Å². The van der Waals surface area contributed by atoms with Gasteiger partial charge in [0, 0.05) is 31.5 Å². The molecule has 0 atom stereocenters. The van der Waals surface area contributed by atoms with Crippen LogP contribution >= 0.6 is 15.9 Å². The first-order chi connectivity index (χ1) is 9.08. The molecule has 1 rings (SSSR count). The van der Waals surface area contributed by atoms with Crippen LogP contribution in [0.25, 0.3) is 0 Å². The first-order valence-corrected chi connectivity index (χ1v) is 8.10. The largest absolute Gasteiger partial charge is 0.379 e. The predicted molar refractivity (Wildman–Crippen MR) is 82.7 cm³/mol. The molecule has 0 saturated carbocycles. The van der Waals surface area contributed by atoms with Crippen LogP contribution in [0.1, 0.15) is 32.2 Å². The highest BCUT2D eigenvalue weighted by molar-refractivity contribution is 9.09. The maximum Gasteiger partial charge on any atom is 0.0625 e. The first kappa shape index (κ1) is 16.7. The van der Waals surface area contributed by atoms with Crippen LogP contribution in [-0.2, 0) is 24.8 Å². The molecule has 0 N–H and O–H groups in total. The van der Waals surface area contributed by atoms with Crippen LogP contribution in [0, 0.1) is 0 Å². The molecule has 4 nitrogen and oxygen atoms in total. The molecule has 0 aromatic carbocycles. The molecule has 0 aliphatic heterocycles. The number of alkyl halides is 1. The lowest BCUT2D eigenvalue weighted by Crippen LogP contribution is -2.34. The van der Waals surface area contributed by atoms with Crippen molar-refractivity contribution in [2.24, 2.45) is 7.05 Å². The molecule has 0 spiro atoms. The van der Waals surface area contributed by atoms with Crippen LogP contribution in [0.2, 0.25) is 0 Å². The molecule has 0 unspecified atom stereocenters. The van der Waals surface area contributed by atoms with Gasteiger partial charge in [0.15, 0.2) is 0 Å². The van der Waals surface area contributed by atoms with E-state index in [9.17, 15) is 0 Å². The minimum atomic E-state index is 0.507. The van der Waals surface area contributed by atoms with Crippen molar-refractivity contribution in [2.45, 2.75) is 39.8 Å². The Morgan fingerprint density at radius 3 is 2.68 bits per heavy atom. The van der Waals surface area contributed by atoms with Crippen LogP contribution in [0.5, 0.6) is 0 Å². The molecule has 1 heterocycles. The van der Waals surface area contributed by atoms with E-state index in [1.165, 1.54) is 5.69 Å². The van der Waals surface area contributed by atoms with Crippen molar-refractivity contribution >= 4 is 15.9 Å². The van der Waals surface area contributed by atoms with Crippen molar-refractivity contribution in [1.82, 2.24) is 14.7 Å². The van der Waals surface area contributed by atoms with Crippen molar-refractivity contribution < 1.29 is 4.74 Å². The van der Waals surface area contributed by atoms with Gasteiger partial charge in [-0.1, -0.05) is 22.9 Å². The quantitative estimate of drug-likeness (QED) is 0.514. The monoisotopic (exact) mass is 331 g/mol. The Labute approximate surface area is 125 Å². The molecular weight excluding hydrogens is 306 g/mol. The maximum atomic E-state index is 5.55. The first-order valence-electron chi connectivity index (χ1n) is 6.98. The fraction of sp³-hybridized carbons (Fsp3) is 0.786. The molecule has 110 valence electrons. The minimum Gasteiger partial charge on any atom is -0.379 e. The summed E-state index contributed by atoms with van der Waals surface area (Å²) in [5.74, 6) is 0. The summed E-state index contributed by atoms with van der Waals surface area (Å²) in [6.45, 7) is 10.0. The van der Waals surface area contributed by atoms with Gasteiger partial charge in [-0.15, -0.1) is 0 Å². The second kappa shape index (κ2) is 8.72. The summed E-state index contributed by atoms with van der Waals surface area (Å²) in [4.78, 5) is 2.42. The van der Waals surface area contributed by atoms with Gasteiger partial charge in [-0.25, -0.2) is 0 Å². The summed E-state index contributed by atoms with van der Waals surface area (Å²) >= 11 is 3.37. The summed E-state index contributed by atoms with van der Waals surface area (Å²) < 4.78 is 7.54. The lowest BCUT2D eigenvalue weighted by Gasteiger charge is -2.26. The van der Waals surface area contributed by atoms with Crippen LogP contribution < -0.4 is 0 Å². The Morgan fingerprint density at radius 1 is 1.42 bits per heavy atom. The fourth-order valence-electron chi connectivity index (χ4n) is 1.96. The molecule has 0 bridgehead atoms. The summed E-state index contributed by atoms with van der Waals surface area (Å²) in [6, 6.07) is 2.71. The number of hydrogen-bond acceptors (Lipinski definition) is 3. The predicted octanol–water partition coefficient (Wildman–Crippen LogP) is 2.60. The SMILES string of the molecule is CCc1cc(CN(CCOCCBr)C(C)C)n(C)n1. The number of ether oxygens (including phenoxy) is 1. The van der Waals surface area contributed by atoms with Gasteiger partial charge < -0.3 is 4.74 Å². The average molecular weight is 332 g/mol. The summed E-state index contributed by atoms with van der Waals surface area (Å²) in [7, 11) is 2.02.